The van der Waals surface area contributed by atoms with Crippen molar-refractivity contribution in [2.75, 3.05) is 0 Å². The highest BCUT2D eigenvalue weighted by molar-refractivity contribution is 7.09. The van der Waals surface area contributed by atoms with Gasteiger partial charge in [0.05, 0.1) is 0 Å². The van der Waals surface area contributed by atoms with Crippen LogP contribution in [0.4, 0.5) is 0 Å². The Labute approximate surface area is 77.6 Å². The third-order valence-corrected chi connectivity index (χ3v) is 2.94. The lowest BCUT2D eigenvalue weighted by molar-refractivity contribution is 0.512. The smallest absolute Gasteiger partial charge is 0.0241 e. The Morgan fingerprint density at radius 2 is 2.17 bits per heavy atom. The summed E-state index contributed by atoms with van der Waals surface area (Å²) < 4.78 is 0. The molecule has 12 heavy (non-hydrogen) atoms. The molecule has 3 heteroatoms. The van der Waals surface area contributed by atoms with Gasteiger partial charge < -0.3 is 11.5 Å². The molecule has 1 aromatic heterocycles. The summed E-state index contributed by atoms with van der Waals surface area (Å²) in [5.74, 6) is 0. The van der Waals surface area contributed by atoms with E-state index >= 15 is 0 Å². The molecule has 0 amide bonds. The van der Waals surface area contributed by atoms with E-state index in [1.165, 1.54) is 4.88 Å². The van der Waals surface area contributed by atoms with E-state index in [2.05, 4.69) is 18.4 Å². The van der Waals surface area contributed by atoms with Crippen LogP contribution in [0.25, 0.3) is 0 Å². The van der Waals surface area contributed by atoms with Crippen molar-refractivity contribution < 1.29 is 0 Å². The molecule has 0 aliphatic heterocycles. The number of hydrogen-bond donors (Lipinski definition) is 2. The molecule has 0 spiro atoms. The molecule has 4 N–H and O–H groups in total. The van der Waals surface area contributed by atoms with Crippen LogP contribution in [-0.4, -0.2) is 12.1 Å². The molecule has 68 valence electrons. The Morgan fingerprint density at radius 3 is 2.67 bits per heavy atom. The first-order valence-electron chi connectivity index (χ1n) is 4.27. The van der Waals surface area contributed by atoms with Gasteiger partial charge >= 0.3 is 0 Å². The molecule has 0 saturated carbocycles. The van der Waals surface area contributed by atoms with Crippen molar-refractivity contribution in [1.29, 1.82) is 0 Å². The van der Waals surface area contributed by atoms with Crippen LogP contribution in [0.1, 0.15) is 18.2 Å². The van der Waals surface area contributed by atoms with E-state index in [-0.39, 0.29) is 12.1 Å². The van der Waals surface area contributed by atoms with Gasteiger partial charge in [-0.15, -0.1) is 11.3 Å². The van der Waals surface area contributed by atoms with Gasteiger partial charge in [-0.1, -0.05) is 13.0 Å². The largest absolute Gasteiger partial charge is 0.326 e. The lowest BCUT2D eigenvalue weighted by atomic mass is 10.0. The van der Waals surface area contributed by atoms with E-state index in [4.69, 9.17) is 11.5 Å². The van der Waals surface area contributed by atoms with Gasteiger partial charge in [-0.3, -0.25) is 0 Å². The van der Waals surface area contributed by atoms with Crippen LogP contribution in [-0.2, 0) is 6.42 Å². The molecular weight excluding hydrogens is 168 g/mol. The summed E-state index contributed by atoms with van der Waals surface area (Å²) in [6.07, 6.45) is 1.86. The summed E-state index contributed by atoms with van der Waals surface area (Å²) in [6, 6.07) is 4.39. The van der Waals surface area contributed by atoms with Crippen molar-refractivity contribution >= 4 is 11.3 Å². The third-order valence-electron chi connectivity index (χ3n) is 2.04. The highest BCUT2D eigenvalue weighted by atomic mass is 32.1. The minimum absolute atomic E-state index is 0.105. The third kappa shape index (κ3) is 2.59. The second kappa shape index (κ2) is 4.60. The number of rotatable bonds is 4. The van der Waals surface area contributed by atoms with Gasteiger partial charge in [0.2, 0.25) is 0 Å². The highest BCUT2D eigenvalue weighted by Gasteiger charge is 2.11. The Kier molecular flexibility index (Phi) is 3.72. The molecule has 0 saturated heterocycles. The van der Waals surface area contributed by atoms with Crippen LogP contribution in [0.15, 0.2) is 17.5 Å². The molecule has 0 aliphatic rings. The predicted octanol–water partition coefficient (Wildman–Crippen LogP) is 1.36. The van der Waals surface area contributed by atoms with Crippen LogP contribution >= 0.6 is 11.3 Å². The summed E-state index contributed by atoms with van der Waals surface area (Å²) >= 11 is 1.74. The second-order valence-electron chi connectivity index (χ2n) is 3.02. The Morgan fingerprint density at radius 1 is 1.42 bits per heavy atom. The molecule has 2 nitrogen and oxygen atoms in total. The number of thiophene rings is 1. The first-order valence-corrected chi connectivity index (χ1v) is 5.15. The SMILES string of the molecule is CCC(N)C(N)Cc1cccs1. The molecule has 0 fully saturated rings. The average molecular weight is 184 g/mol. The Bertz CT molecular complexity index is 208. The maximum Gasteiger partial charge on any atom is 0.0241 e. The monoisotopic (exact) mass is 184 g/mol. The fourth-order valence-corrected chi connectivity index (χ4v) is 1.89. The van der Waals surface area contributed by atoms with E-state index in [0.29, 0.717) is 0 Å². The summed E-state index contributed by atoms with van der Waals surface area (Å²) in [4.78, 5) is 1.33. The standard InChI is InChI=1S/C9H16N2S/c1-2-8(10)9(11)6-7-4-3-5-12-7/h3-5,8-9H,2,6,10-11H2,1H3. The Hall–Kier alpha value is -0.380. The van der Waals surface area contributed by atoms with Gasteiger partial charge in [-0.2, -0.15) is 0 Å². The first-order chi connectivity index (χ1) is 5.74. The summed E-state index contributed by atoms with van der Waals surface area (Å²) in [5.41, 5.74) is 11.7. The molecular formula is C9H16N2S. The quantitative estimate of drug-likeness (QED) is 0.742. The number of hydrogen-bond acceptors (Lipinski definition) is 3. The lowest BCUT2D eigenvalue weighted by Crippen LogP contribution is -2.42. The minimum atomic E-state index is 0.105. The van der Waals surface area contributed by atoms with E-state index in [1.807, 2.05) is 6.07 Å². The normalized spacial score (nSPS) is 15.9. The van der Waals surface area contributed by atoms with Crippen molar-refractivity contribution in [2.45, 2.75) is 31.8 Å². The summed E-state index contributed by atoms with van der Waals surface area (Å²) in [7, 11) is 0. The van der Waals surface area contributed by atoms with Gasteiger partial charge in [-0.05, 0) is 24.3 Å². The summed E-state index contributed by atoms with van der Waals surface area (Å²) in [5, 5.41) is 2.07. The van der Waals surface area contributed by atoms with Gasteiger partial charge in [0, 0.05) is 17.0 Å². The molecule has 0 aromatic carbocycles. The van der Waals surface area contributed by atoms with Crippen molar-refractivity contribution in [2.24, 2.45) is 11.5 Å². The maximum absolute atomic E-state index is 5.90. The first kappa shape index (κ1) is 9.71. The van der Waals surface area contributed by atoms with Crippen LogP contribution in [0.3, 0.4) is 0 Å². The number of nitrogens with two attached hydrogens (primary N) is 2. The molecule has 1 aromatic rings. The van der Waals surface area contributed by atoms with Crippen molar-refractivity contribution in [3.05, 3.63) is 22.4 Å². The zero-order valence-corrected chi connectivity index (χ0v) is 8.18. The van der Waals surface area contributed by atoms with Crippen LogP contribution in [0, 0.1) is 0 Å². The molecule has 1 rings (SSSR count). The van der Waals surface area contributed by atoms with Crippen molar-refractivity contribution in [3.8, 4) is 0 Å². The van der Waals surface area contributed by atoms with Crippen LogP contribution in [0.2, 0.25) is 0 Å². The predicted molar refractivity (Wildman–Crippen MR) is 54.3 cm³/mol. The van der Waals surface area contributed by atoms with Gasteiger partial charge in [0.25, 0.3) is 0 Å². The minimum Gasteiger partial charge on any atom is -0.326 e. The topological polar surface area (TPSA) is 52.0 Å². The van der Waals surface area contributed by atoms with E-state index in [1.54, 1.807) is 11.3 Å². The fraction of sp³-hybridized carbons (Fsp3) is 0.556. The highest BCUT2D eigenvalue weighted by Crippen LogP contribution is 2.11. The zero-order valence-electron chi connectivity index (χ0n) is 7.36. The lowest BCUT2D eigenvalue weighted by Gasteiger charge is -2.16. The van der Waals surface area contributed by atoms with Gasteiger partial charge in [-0.25, -0.2) is 0 Å². The second-order valence-corrected chi connectivity index (χ2v) is 4.05. The fourth-order valence-electron chi connectivity index (χ4n) is 1.12. The molecule has 1 heterocycles. The van der Waals surface area contributed by atoms with E-state index in [0.717, 1.165) is 12.8 Å². The van der Waals surface area contributed by atoms with E-state index < -0.39 is 0 Å². The van der Waals surface area contributed by atoms with Crippen LogP contribution < -0.4 is 11.5 Å². The average Bonchev–Trinajstić information content (AvgIpc) is 2.55. The molecule has 2 unspecified atom stereocenters. The summed E-state index contributed by atoms with van der Waals surface area (Å²) in [6.45, 7) is 2.07. The van der Waals surface area contributed by atoms with Crippen molar-refractivity contribution in [3.63, 3.8) is 0 Å². The molecule has 2 atom stereocenters. The maximum atomic E-state index is 5.90. The van der Waals surface area contributed by atoms with Crippen LogP contribution in [0.5, 0.6) is 0 Å². The molecule has 0 radical (unpaired) electrons. The van der Waals surface area contributed by atoms with Crippen molar-refractivity contribution in [1.82, 2.24) is 0 Å². The Balaban J connectivity index is 2.41. The molecule has 0 bridgehead atoms. The zero-order chi connectivity index (χ0) is 8.97. The van der Waals surface area contributed by atoms with E-state index in [9.17, 15) is 0 Å². The van der Waals surface area contributed by atoms with Gasteiger partial charge in [0.15, 0.2) is 0 Å². The molecule has 0 aliphatic carbocycles. The van der Waals surface area contributed by atoms with Gasteiger partial charge in [0.1, 0.15) is 0 Å².